The van der Waals surface area contributed by atoms with Crippen LogP contribution in [0, 0.1) is 0 Å². The molecule has 0 aliphatic rings. The fourth-order valence-electron chi connectivity index (χ4n) is 0.807. The highest BCUT2D eigenvalue weighted by Gasteiger charge is 2.29. The Balaban J connectivity index is 2.38. The van der Waals surface area contributed by atoms with Gasteiger partial charge in [0.1, 0.15) is 0 Å². The van der Waals surface area contributed by atoms with E-state index in [9.17, 15) is 18.0 Å². The Bertz CT molecular complexity index is 321. The van der Waals surface area contributed by atoms with Gasteiger partial charge in [-0.2, -0.15) is 0 Å². The van der Waals surface area contributed by atoms with Crippen LogP contribution in [0.3, 0.4) is 0 Å². The monoisotopic (exact) mass is 220 g/mol. The molecule has 1 aromatic rings. The normalized spacial score (nSPS) is 11.1. The van der Waals surface area contributed by atoms with Crippen LogP contribution in [0.1, 0.15) is 10.4 Å². The van der Waals surface area contributed by atoms with Crippen LogP contribution in [0.4, 0.5) is 13.2 Å². The molecule has 0 saturated heterocycles. The summed E-state index contributed by atoms with van der Waals surface area (Å²) in [6.07, 6.45) is -4.79. The van der Waals surface area contributed by atoms with E-state index in [0.29, 0.717) is 0 Å². The summed E-state index contributed by atoms with van der Waals surface area (Å²) in [7, 11) is 0. The van der Waals surface area contributed by atoms with Crippen molar-refractivity contribution in [2.24, 2.45) is 0 Å². The van der Waals surface area contributed by atoms with Crippen molar-refractivity contribution in [2.45, 2.75) is 6.36 Å². The summed E-state index contributed by atoms with van der Waals surface area (Å²) in [6.45, 7) is -1.14. The molecular formula is C9H7F3O3. The molecule has 0 bridgehead atoms. The Kier molecular flexibility index (Phi) is 3.68. The molecule has 82 valence electrons. The van der Waals surface area contributed by atoms with Gasteiger partial charge in [0, 0.05) is 0 Å². The maximum atomic E-state index is 11.5. The molecule has 15 heavy (non-hydrogen) atoms. The standard InChI is InChI=1S/C9H7F3O3/c10-9(11,12)15-6-14-8(13)7-4-2-1-3-5-7/h1-5H,6H2. The zero-order chi connectivity index (χ0) is 11.3. The summed E-state index contributed by atoms with van der Waals surface area (Å²) in [6, 6.07) is 7.66. The van der Waals surface area contributed by atoms with Gasteiger partial charge in [0.05, 0.1) is 5.56 Å². The van der Waals surface area contributed by atoms with Crippen molar-refractivity contribution < 1.29 is 27.4 Å². The zero-order valence-corrected chi connectivity index (χ0v) is 7.45. The molecular weight excluding hydrogens is 213 g/mol. The smallest absolute Gasteiger partial charge is 0.435 e. The van der Waals surface area contributed by atoms with E-state index in [4.69, 9.17) is 0 Å². The van der Waals surface area contributed by atoms with Crippen molar-refractivity contribution in [3.8, 4) is 0 Å². The van der Waals surface area contributed by atoms with Gasteiger partial charge in [-0.25, -0.2) is 4.79 Å². The average Bonchev–Trinajstić information content (AvgIpc) is 2.17. The first-order chi connectivity index (χ1) is 6.99. The highest BCUT2D eigenvalue weighted by molar-refractivity contribution is 5.89. The molecule has 6 heteroatoms. The number of hydrogen-bond donors (Lipinski definition) is 0. The quantitative estimate of drug-likeness (QED) is 0.579. The van der Waals surface area contributed by atoms with Crippen molar-refractivity contribution in [2.75, 3.05) is 6.79 Å². The van der Waals surface area contributed by atoms with Crippen LogP contribution < -0.4 is 0 Å². The summed E-state index contributed by atoms with van der Waals surface area (Å²) in [5, 5.41) is 0. The van der Waals surface area contributed by atoms with E-state index in [0.717, 1.165) is 0 Å². The van der Waals surface area contributed by atoms with Gasteiger partial charge in [-0.15, -0.1) is 13.2 Å². The SMILES string of the molecule is O=C(OCOC(F)(F)F)c1ccccc1. The molecule has 0 amide bonds. The van der Waals surface area contributed by atoms with Gasteiger partial charge < -0.3 is 4.74 Å². The van der Waals surface area contributed by atoms with Gasteiger partial charge in [-0.1, -0.05) is 18.2 Å². The van der Waals surface area contributed by atoms with Crippen LogP contribution in [-0.4, -0.2) is 19.1 Å². The summed E-state index contributed by atoms with van der Waals surface area (Å²) in [4.78, 5) is 11.1. The summed E-state index contributed by atoms with van der Waals surface area (Å²) >= 11 is 0. The minimum Gasteiger partial charge on any atom is -0.435 e. The molecule has 0 unspecified atom stereocenters. The van der Waals surface area contributed by atoms with E-state index in [1.165, 1.54) is 12.1 Å². The van der Waals surface area contributed by atoms with Gasteiger partial charge in [-0.05, 0) is 12.1 Å². The highest BCUT2D eigenvalue weighted by atomic mass is 19.4. The molecule has 0 fully saturated rings. The first kappa shape index (κ1) is 11.5. The first-order valence-corrected chi connectivity index (χ1v) is 3.92. The third-order valence-electron chi connectivity index (χ3n) is 1.42. The van der Waals surface area contributed by atoms with Crippen molar-refractivity contribution in [3.63, 3.8) is 0 Å². The van der Waals surface area contributed by atoms with E-state index in [1.807, 2.05) is 0 Å². The molecule has 1 rings (SSSR count). The Morgan fingerprint density at radius 2 is 1.80 bits per heavy atom. The largest absolute Gasteiger partial charge is 0.525 e. The second-order valence-corrected chi connectivity index (χ2v) is 2.51. The van der Waals surface area contributed by atoms with Gasteiger partial charge in [0.25, 0.3) is 0 Å². The van der Waals surface area contributed by atoms with E-state index in [1.54, 1.807) is 18.2 Å². The number of carbonyl (C=O) groups is 1. The van der Waals surface area contributed by atoms with Crippen LogP contribution in [0.5, 0.6) is 0 Å². The lowest BCUT2D eigenvalue weighted by Gasteiger charge is -2.07. The van der Waals surface area contributed by atoms with Crippen molar-refractivity contribution in [3.05, 3.63) is 35.9 Å². The molecule has 0 aromatic heterocycles. The molecule has 0 radical (unpaired) electrons. The fourth-order valence-corrected chi connectivity index (χ4v) is 0.807. The molecule has 0 aliphatic carbocycles. The lowest BCUT2D eigenvalue weighted by molar-refractivity contribution is -0.343. The topological polar surface area (TPSA) is 35.5 Å². The van der Waals surface area contributed by atoms with E-state index >= 15 is 0 Å². The molecule has 0 spiro atoms. The van der Waals surface area contributed by atoms with Crippen LogP contribution in [0.15, 0.2) is 30.3 Å². The van der Waals surface area contributed by atoms with Gasteiger partial charge in [-0.3, -0.25) is 4.74 Å². The highest BCUT2D eigenvalue weighted by Crippen LogP contribution is 2.15. The predicted molar refractivity (Wildman–Crippen MR) is 43.9 cm³/mol. The minimum atomic E-state index is -4.79. The van der Waals surface area contributed by atoms with Crippen LogP contribution >= 0.6 is 0 Å². The number of hydrogen-bond acceptors (Lipinski definition) is 3. The maximum Gasteiger partial charge on any atom is 0.525 e. The number of rotatable bonds is 3. The number of carbonyl (C=O) groups excluding carboxylic acids is 1. The lowest BCUT2D eigenvalue weighted by atomic mass is 10.2. The van der Waals surface area contributed by atoms with Crippen LogP contribution in [0.25, 0.3) is 0 Å². The summed E-state index contributed by atoms with van der Waals surface area (Å²) in [5.41, 5.74) is 0.170. The number of benzene rings is 1. The molecule has 1 aromatic carbocycles. The van der Waals surface area contributed by atoms with E-state index < -0.39 is 19.1 Å². The fraction of sp³-hybridized carbons (Fsp3) is 0.222. The predicted octanol–water partition coefficient (Wildman–Crippen LogP) is 2.34. The molecule has 0 aliphatic heterocycles. The lowest BCUT2D eigenvalue weighted by Crippen LogP contribution is -2.18. The van der Waals surface area contributed by atoms with Crippen LogP contribution in [0.2, 0.25) is 0 Å². The van der Waals surface area contributed by atoms with E-state index in [-0.39, 0.29) is 5.56 Å². The Hall–Kier alpha value is -1.56. The van der Waals surface area contributed by atoms with Gasteiger partial charge in [0.15, 0.2) is 0 Å². The Morgan fingerprint density at radius 1 is 1.20 bits per heavy atom. The third-order valence-corrected chi connectivity index (χ3v) is 1.42. The van der Waals surface area contributed by atoms with Gasteiger partial charge >= 0.3 is 12.3 Å². The average molecular weight is 220 g/mol. The summed E-state index contributed by atoms with van der Waals surface area (Å²) in [5.74, 6) is -0.861. The second kappa shape index (κ2) is 4.79. The zero-order valence-electron chi connectivity index (χ0n) is 7.45. The number of halogens is 3. The first-order valence-electron chi connectivity index (χ1n) is 3.92. The molecule has 3 nitrogen and oxygen atoms in total. The number of ether oxygens (including phenoxy) is 2. The van der Waals surface area contributed by atoms with Crippen molar-refractivity contribution in [1.29, 1.82) is 0 Å². The van der Waals surface area contributed by atoms with Gasteiger partial charge in [0.2, 0.25) is 6.79 Å². The summed E-state index contributed by atoms with van der Waals surface area (Å²) < 4.78 is 42.0. The molecule has 0 heterocycles. The van der Waals surface area contributed by atoms with Crippen molar-refractivity contribution in [1.82, 2.24) is 0 Å². The number of alkyl halides is 3. The van der Waals surface area contributed by atoms with E-state index in [2.05, 4.69) is 9.47 Å². The third kappa shape index (κ3) is 4.46. The van der Waals surface area contributed by atoms with Crippen LogP contribution in [-0.2, 0) is 9.47 Å². The Labute approximate surface area is 83.4 Å². The number of esters is 1. The molecule has 0 atom stereocenters. The minimum absolute atomic E-state index is 0.170. The maximum absolute atomic E-state index is 11.5. The molecule has 0 N–H and O–H groups in total. The second-order valence-electron chi connectivity index (χ2n) is 2.51. The Morgan fingerprint density at radius 3 is 2.33 bits per heavy atom. The van der Waals surface area contributed by atoms with Crippen molar-refractivity contribution >= 4 is 5.97 Å². The molecule has 0 saturated carbocycles.